The maximum atomic E-state index is 12.4. The molecule has 0 radical (unpaired) electrons. The van der Waals surface area contributed by atoms with E-state index in [1.54, 1.807) is 0 Å². The highest BCUT2D eigenvalue weighted by atomic mass is 16.1. The third-order valence-corrected chi connectivity index (χ3v) is 6.06. The number of hydrogen-bond acceptors (Lipinski definition) is 3. The Hall–Kier alpha value is -0.410. The second-order valence-electron chi connectivity index (χ2n) is 8.24. The molecule has 1 atom stereocenters. The van der Waals surface area contributed by atoms with Crippen molar-refractivity contribution < 1.29 is 4.79 Å². The summed E-state index contributed by atoms with van der Waals surface area (Å²) in [5, 5.41) is 0. The molecule has 21 heavy (non-hydrogen) atoms. The van der Waals surface area contributed by atoms with Gasteiger partial charge >= 0.3 is 0 Å². The summed E-state index contributed by atoms with van der Waals surface area (Å²) in [4.78, 5) is 17.6. The zero-order valence-corrected chi connectivity index (χ0v) is 13.9. The van der Waals surface area contributed by atoms with Gasteiger partial charge in [0.2, 0.25) is 0 Å². The molecule has 0 N–H and O–H groups in total. The van der Waals surface area contributed by atoms with E-state index in [1.165, 1.54) is 58.4 Å². The van der Waals surface area contributed by atoms with Crippen LogP contribution in [0.2, 0.25) is 0 Å². The average molecular weight is 292 g/mol. The molecule has 0 aromatic rings. The molecular weight excluding hydrogens is 260 g/mol. The van der Waals surface area contributed by atoms with Gasteiger partial charge in [0.25, 0.3) is 0 Å². The molecule has 3 rings (SSSR count). The first-order chi connectivity index (χ1) is 10.0. The van der Waals surface area contributed by atoms with Crippen LogP contribution >= 0.6 is 0 Å². The van der Waals surface area contributed by atoms with Crippen molar-refractivity contribution in [1.29, 1.82) is 0 Å². The van der Waals surface area contributed by atoms with E-state index in [-0.39, 0.29) is 5.41 Å². The van der Waals surface area contributed by atoms with Crippen molar-refractivity contribution in [2.75, 3.05) is 39.3 Å². The molecule has 2 saturated heterocycles. The number of likely N-dealkylation sites (tertiary alicyclic amines) is 2. The van der Waals surface area contributed by atoms with E-state index in [1.807, 2.05) is 0 Å². The van der Waals surface area contributed by atoms with Crippen molar-refractivity contribution in [3.8, 4) is 0 Å². The van der Waals surface area contributed by atoms with Crippen molar-refractivity contribution in [2.24, 2.45) is 17.3 Å². The van der Waals surface area contributed by atoms with Gasteiger partial charge in [-0.2, -0.15) is 0 Å². The van der Waals surface area contributed by atoms with Crippen LogP contribution < -0.4 is 0 Å². The van der Waals surface area contributed by atoms with Crippen molar-refractivity contribution in [3.05, 3.63) is 0 Å². The first kappa shape index (κ1) is 15.5. The van der Waals surface area contributed by atoms with Crippen molar-refractivity contribution in [3.63, 3.8) is 0 Å². The van der Waals surface area contributed by atoms with Crippen molar-refractivity contribution >= 4 is 5.78 Å². The van der Waals surface area contributed by atoms with Gasteiger partial charge in [-0.05, 0) is 70.6 Å². The number of rotatable bonds is 4. The van der Waals surface area contributed by atoms with Crippen LogP contribution in [-0.4, -0.2) is 54.9 Å². The molecule has 0 spiro atoms. The third kappa shape index (κ3) is 3.68. The topological polar surface area (TPSA) is 23.6 Å². The Morgan fingerprint density at radius 2 is 1.57 bits per heavy atom. The van der Waals surface area contributed by atoms with Gasteiger partial charge in [-0.1, -0.05) is 13.8 Å². The van der Waals surface area contributed by atoms with Crippen LogP contribution in [0, 0.1) is 17.3 Å². The lowest BCUT2D eigenvalue weighted by molar-refractivity contribution is -0.128. The predicted molar refractivity (Wildman–Crippen MR) is 86.4 cm³/mol. The standard InChI is InChI=1S/C18H32N2O/c1-18(2)8-5-16(17(18)21)14-20-11-6-15(7-12-20)13-19-9-3-4-10-19/h15-16H,3-14H2,1-2H3. The Labute approximate surface area is 130 Å². The molecule has 2 heterocycles. The number of piperidine rings is 1. The number of carbonyl (C=O) groups is 1. The molecule has 120 valence electrons. The van der Waals surface area contributed by atoms with Crippen LogP contribution in [-0.2, 0) is 4.79 Å². The Morgan fingerprint density at radius 3 is 2.14 bits per heavy atom. The van der Waals surface area contributed by atoms with E-state index in [4.69, 9.17) is 0 Å². The minimum atomic E-state index is -0.0568. The quantitative estimate of drug-likeness (QED) is 0.796. The van der Waals surface area contributed by atoms with E-state index in [9.17, 15) is 4.79 Å². The summed E-state index contributed by atoms with van der Waals surface area (Å²) < 4.78 is 0. The highest BCUT2D eigenvalue weighted by Crippen LogP contribution is 2.38. The Balaban J connectivity index is 1.41. The van der Waals surface area contributed by atoms with Gasteiger partial charge in [0, 0.05) is 24.4 Å². The third-order valence-electron chi connectivity index (χ3n) is 6.06. The maximum Gasteiger partial charge on any atom is 0.142 e. The van der Waals surface area contributed by atoms with Crippen LogP contribution in [0.5, 0.6) is 0 Å². The summed E-state index contributed by atoms with van der Waals surface area (Å²) in [6.07, 6.45) is 7.67. The minimum absolute atomic E-state index is 0.0568. The summed E-state index contributed by atoms with van der Waals surface area (Å²) in [6, 6.07) is 0. The van der Waals surface area contributed by atoms with Crippen LogP contribution in [0.4, 0.5) is 0 Å². The highest BCUT2D eigenvalue weighted by Gasteiger charge is 2.41. The lowest BCUT2D eigenvalue weighted by Crippen LogP contribution is -2.41. The van der Waals surface area contributed by atoms with Crippen LogP contribution in [0.3, 0.4) is 0 Å². The lowest BCUT2D eigenvalue weighted by Gasteiger charge is -2.35. The predicted octanol–water partition coefficient (Wildman–Crippen LogP) is 2.80. The average Bonchev–Trinajstić information content (AvgIpc) is 3.05. The van der Waals surface area contributed by atoms with Gasteiger partial charge < -0.3 is 9.80 Å². The van der Waals surface area contributed by atoms with Crippen LogP contribution in [0.15, 0.2) is 0 Å². The molecule has 0 amide bonds. The van der Waals surface area contributed by atoms with Gasteiger partial charge in [0.05, 0.1) is 0 Å². The van der Waals surface area contributed by atoms with E-state index >= 15 is 0 Å². The molecule has 1 unspecified atom stereocenters. The maximum absolute atomic E-state index is 12.4. The van der Waals surface area contributed by atoms with Crippen molar-refractivity contribution in [1.82, 2.24) is 9.80 Å². The van der Waals surface area contributed by atoms with Crippen LogP contribution in [0.25, 0.3) is 0 Å². The largest absolute Gasteiger partial charge is 0.303 e. The number of carbonyl (C=O) groups excluding carboxylic acids is 1. The summed E-state index contributed by atoms with van der Waals surface area (Å²) in [5.74, 6) is 1.73. The van der Waals surface area contributed by atoms with Gasteiger partial charge in [-0.3, -0.25) is 4.79 Å². The van der Waals surface area contributed by atoms with Crippen LogP contribution in [0.1, 0.15) is 52.4 Å². The van der Waals surface area contributed by atoms with Crippen molar-refractivity contribution in [2.45, 2.75) is 52.4 Å². The highest BCUT2D eigenvalue weighted by molar-refractivity contribution is 5.88. The molecule has 0 bridgehead atoms. The first-order valence-corrected chi connectivity index (χ1v) is 9.03. The fourth-order valence-corrected chi connectivity index (χ4v) is 4.51. The van der Waals surface area contributed by atoms with Gasteiger partial charge in [-0.15, -0.1) is 0 Å². The second-order valence-corrected chi connectivity index (χ2v) is 8.24. The van der Waals surface area contributed by atoms with Gasteiger partial charge in [0.1, 0.15) is 5.78 Å². The first-order valence-electron chi connectivity index (χ1n) is 9.03. The second kappa shape index (κ2) is 6.37. The number of Topliss-reactive ketones (excluding diaryl/α,β-unsaturated/α-hetero) is 1. The molecule has 3 fully saturated rings. The molecule has 3 heteroatoms. The zero-order valence-electron chi connectivity index (χ0n) is 13.9. The van der Waals surface area contributed by atoms with E-state index in [0.717, 1.165) is 25.3 Å². The molecule has 1 aliphatic carbocycles. The van der Waals surface area contributed by atoms with E-state index in [2.05, 4.69) is 23.6 Å². The number of ketones is 1. The summed E-state index contributed by atoms with van der Waals surface area (Å²) in [6.45, 7) is 11.7. The number of nitrogens with zero attached hydrogens (tertiary/aromatic N) is 2. The molecule has 1 saturated carbocycles. The Bertz CT molecular complexity index is 365. The summed E-state index contributed by atoms with van der Waals surface area (Å²) in [7, 11) is 0. The molecular formula is C18H32N2O. The number of hydrogen-bond donors (Lipinski definition) is 0. The fourth-order valence-electron chi connectivity index (χ4n) is 4.51. The SMILES string of the molecule is CC1(C)CCC(CN2CCC(CN3CCCC3)CC2)C1=O. The normalized spacial score (nSPS) is 32.1. The molecule has 3 nitrogen and oxygen atoms in total. The Kier molecular flexibility index (Phi) is 4.70. The molecule has 2 aliphatic heterocycles. The molecule has 0 aromatic carbocycles. The smallest absolute Gasteiger partial charge is 0.142 e. The minimum Gasteiger partial charge on any atom is -0.303 e. The monoisotopic (exact) mass is 292 g/mol. The van der Waals surface area contributed by atoms with Gasteiger partial charge in [-0.25, -0.2) is 0 Å². The molecule has 0 aromatic heterocycles. The zero-order chi connectivity index (χ0) is 14.9. The van der Waals surface area contributed by atoms with E-state index < -0.39 is 0 Å². The lowest BCUT2D eigenvalue weighted by atomic mass is 9.88. The fraction of sp³-hybridized carbons (Fsp3) is 0.944. The summed E-state index contributed by atoms with van der Waals surface area (Å²) in [5.41, 5.74) is -0.0568. The molecule has 3 aliphatic rings. The Morgan fingerprint density at radius 1 is 0.952 bits per heavy atom. The van der Waals surface area contributed by atoms with E-state index in [0.29, 0.717) is 11.7 Å². The van der Waals surface area contributed by atoms with Gasteiger partial charge in [0.15, 0.2) is 0 Å². The summed E-state index contributed by atoms with van der Waals surface area (Å²) >= 11 is 0.